The van der Waals surface area contributed by atoms with Gasteiger partial charge in [0.25, 0.3) is 0 Å². The Labute approximate surface area is 181 Å². The van der Waals surface area contributed by atoms with Gasteiger partial charge in [0.1, 0.15) is 0 Å². The number of hydrogen-bond acceptors (Lipinski definition) is 2. The smallest absolute Gasteiger partial charge is 0.357 e. The van der Waals surface area contributed by atoms with E-state index >= 15 is 0 Å². The van der Waals surface area contributed by atoms with Gasteiger partial charge in [0.15, 0.2) is 5.96 Å². The molecule has 1 N–H and O–H groups in total. The number of likely N-dealkylation sites (tertiary alicyclic amines) is 1. The van der Waals surface area contributed by atoms with Crippen LogP contribution in [0.4, 0.5) is 13.2 Å². The highest BCUT2D eigenvalue weighted by Crippen LogP contribution is 2.23. The summed E-state index contributed by atoms with van der Waals surface area (Å²) < 4.78 is 37.5. The Morgan fingerprint density at radius 3 is 2.59 bits per heavy atom. The summed E-state index contributed by atoms with van der Waals surface area (Å²) in [6, 6.07) is 7.63. The van der Waals surface area contributed by atoms with Crippen molar-refractivity contribution in [1.82, 2.24) is 15.1 Å². The molecule has 0 amide bonds. The van der Waals surface area contributed by atoms with Crippen LogP contribution in [-0.4, -0.2) is 61.7 Å². The molecular weight excluding hydrogens is 492 g/mol. The van der Waals surface area contributed by atoms with Crippen molar-refractivity contribution >= 4 is 41.5 Å². The lowest BCUT2D eigenvalue weighted by Gasteiger charge is -2.23. The predicted molar refractivity (Wildman–Crippen MR) is 115 cm³/mol. The molecule has 27 heavy (non-hydrogen) atoms. The van der Waals surface area contributed by atoms with Gasteiger partial charge in [-0.2, -0.15) is 13.2 Å². The summed E-state index contributed by atoms with van der Waals surface area (Å²) in [6.45, 7) is 4.03. The van der Waals surface area contributed by atoms with Crippen molar-refractivity contribution in [3.63, 3.8) is 0 Å². The number of aliphatic imine (C=N–C) groups is 1. The van der Waals surface area contributed by atoms with E-state index in [0.717, 1.165) is 24.5 Å². The summed E-state index contributed by atoms with van der Waals surface area (Å²) in [6.07, 6.45) is -3.38. The van der Waals surface area contributed by atoms with E-state index < -0.39 is 12.7 Å². The Bertz CT molecular complexity index is 595. The predicted octanol–water partition coefficient (Wildman–Crippen LogP) is 4.24. The van der Waals surface area contributed by atoms with Gasteiger partial charge < -0.3 is 10.2 Å². The summed E-state index contributed by atoms with van der Waals surface area (Å²) in [5, 5.41) is 3.94. The van der Waals surface area contributed by atoms with Crippen molar-refractivity contribution in [2.75, 3.05) is 39.8 Å². The van der Waals surface area contributed by atoms with Crippen LogP contribution in [0.5, 0.6) is 0 Å². The first kappa shape index (κ1) is 24.3. The molecule has 1 aromatic rings. The molecule has 2 rings (SSSR count). The van der Waals surface area contributed by atoms with Crippen LogP contribution in [0.15, 0.2) is 29.3 Å². The fourth-order valence-electron chi connectivity index (χ4n) is 3.08. The van der Waals surface area contributed by atoms with E-state index in [-0.39, 0.29) is 29.9 Å². The molecule has 1 saturated heterocycles. The first-order valence-electron chi connectivity index (χ1n) is 8.80. The lowest BCUT2D eigenvalue weighted by molar-refractivity contribution is -0.143. The molecule has 1 aromatic carbocycles. The Morgan fingerprint density at radius 1 is 1.33 bits per heavy atom. The lowest BCUT2D eigenvalue weighted by atomic mass is 10.1. The largest absolute Gasteiger partial charge is 0.401 e. The Morgan fingerprint density at radius 2 is 2.00 bits per heavy atom. The van der Waals surface area contributed by atoms with Crippen LogP contribution in [0.1, 0.15) is 18.9 Å². The number of hydrogen-bond donors (Lipinski definition) is 1. The first-order chi connectivity index (χ1) is 12.3. The second-order valence-electron chi connectivity index (χ2n) is 6.68. The Balaban J connectivity index is 0.00000364. The van der Waals surface area contributed by atoms with E-state index in [0.29, 0.717) is 31.2 Å². The van der Waals surface area contributed by atoms with Crippen LogP contribution >= 0.6 is 35.6 Å². The lowest BCUT2D eigenvalue weighted by Crippen LogP contribution is -2.39. The molecule has 0 bridgehead atoms. The maximum absolute atomic E-state index is 12.5. The number of guanidine groups is 1. The minimum atomic E-state index is -4.13. The third-order valence-electron chi connectivity index (χ3n) is 4.30. The van der Waals surface area contributed by atoms with Gasteiger partial charge in [-0.1, -0.05) is 23.7 Å². The van der Waals surface area contributed by atoms with E-state index in [1.807, 2.05) is 43.1 Å². The zero-order valence-electron chi connectivity index (χ0n) is 15.6. The second-order valence-corrected chi connectivity index (χ2v) is 7.12. The maximum Gasteiger partial charge on any atom is 0.401 e. The van der Waals surface area contributed by atoms with Crippen molar-refractivity contribution in [1.29, 1.82) is 0 Å². The van der Waals surface area contributed by atoms with Gasteiger partial charge in [-0.25, -0.2) is 0 Å². The average molecular weight is 519 g/mol. The Kier molecular flexibility index (Phi) is 10.2. The minimum Gasteiger partial charge on any atom is -0.357 e. The normalized spacial score (nSPS) is 18.3. The third-order valence-corrected chi connectivity index (χ3v) is 4.55. The highest BCUT2D eigenvalue weighted by Gasteiger charge is 2.34. The number of halogens is 5. The molecule has 0 aliphatic carbocycles. The van der Waals surface area contributed by atoms with E-state index in [4.69, 9.17) is 11.6 Å². The van der Waals surface area contributed by atoms with Crippen LogP contribution < -0.4 is 5.32 Å². The van der Waals surface area contributed by atoms with Gasteiger partial charge in [-0.15, -0.1) is 24.0 Å². The van der Waals surface area contributed by atoms with Crippen LogP contribution in [0.3, 0.4) is 0 Å². The zero-order chi connectivity index (χ0) is 19.2. The molecule has 0 aromatic heterocycles. The van der Waals surface area contributed by atoms with E-state index in [1.54, 1.807) is 0 Å². The van der Waals surface area contributed by atoms with Gasteiger partial charge in [0, 0.05) is 38.2 Å². The highest BCUT2D eigenvalue weighted by molar-refractivity contribution is 14.0. The monoisotopic (exact) mass is 518 g/mol. The SMILES string of the molecule is CCNC(=NCC1CCN(CC(F)(F)F)C1)N(C)Cc1ccc(Cl)cc1.I. The summed E-state index contributed by atoms with van der Waals surface area (Å²) in [4.78, 5) is 8.11. The molecule has 9 heteroatoms. The number of nitrogens with zero attached hydrogens (tertiary/aromatic N) is 3. The van der Waals surface area contributed by atoms with Gasteiger partial charge in [-0.3, -0.25) is 9.89 Å². The summed E-state index contributed by atoms with van der Waals surface area (Å²) in [5.41, 5.74) is 1.11. The maximum atomic E-state index is 12.5. The third kappa shape index (κ3) is 8.87. The second kappa shape index (κ2) is 11.3. The van der Waals surface area contributed by atoms with Crippen molar-refractivity contribution in [3.05, 3.63) is 34.9 Å². The molecule has 0 saturated carbocycles. The number of rotatable bonds is 6. The van der Waals surface area contributed by atoms with Crippen molar-refractivity contribution in [3.8, 4) is 0 Å². The van der Waals surface area contributed by atoms with Gasteiger partial charge >= 0.3 is 6.18 Å². The standard InChI is InChI=1S/C18H26ClF3N4.HI/c1-3-23-17(25(2)11-14-4-6-16(19)7-5-14)24-10-15-8-9-26(12-15)13-18(20,21)22;/h4-7,15H,3,8-13H2,1-2H3,(H,23,24);1H. The first-order valence-corrected chi connectivity index (χ1v) is 9.17. The topological polar surface area (TPSA) is 30.9 Å². The van der Waals surface area contributed by atoms with Crippen LogP contribution in [0.2, 0.25) is 5.02 Å². The highest BCUT2D eigenvalue weighted by atomic mass is 127. The molecular formula is C18H27ClF3IN4. The Hall–Kier alpha value is -0.740. The number of benzene rings is 1. The van der Waals surface area contributed by atoms with Crippen molar-refractivity contribution < 1.29 is 13.2 Å². The van der Waals surface area contributed by atoms with E-state index in [1.165, 1.54) is 4.90 Å². The minimum absolute atomic E-state index is 0. The summed E-state index contributed by atoms with van der Waals surface area (Å²) >= 11 is 5.91. The fraction of sp³-hybridized carbons (Fsp3) is 0.611. The zero-order valence-corrected chi connectivity index (χ0v) is 18.7. The van der Waals surface area contributed by atoms with Crippen molar-refractivity contribution in [2.45, 2.75) is 26.1 Å². The molecule has 1 heterocycles. The number of nitrogens with one attached hydrogen (secondary N) is 1. The van der Waals surface area contributed by atoms with Gasteiger partial charge in [-0.05, 0) is 43.5 Å². The van der Waals surface area contributed by atoms with E-state index in [2.05, 4.69) is 10.3 Å². The van der Waals surface area contributed by atoms with Gasteiger partial charge in [0.05, 0.1) is 6.54 Å². The summed E-state index contributed by atoms with van der Waals surface area (Å²) in [5.74, 6) is 0.923. The molecule has 1 aliphatic rings. The molecule has 1 aliphatic heterocycles. The molecule has 154 valence electrons. The van der Waals surface area contributed by atoms with E-state index in [9.17, 15) is 13.2 Å². The molecule has 0 spiro atoms. The van der Waals surface area contributed by atoms with Crippen LogP contribution in [0.25, 0.3) is 0 Å². The molecule has 4 nitrogen and oxygen atoms in total. The van der Waals surface area contributed by atoms with Crippen LogP contribution in [0, 0.1) is 5.92 Å². The molecule has 0 radical (unpaired) electrons. The number of alkyl halides is 3. The summed E-state index contributed by atoms with van der Waals surface area (Å²) in [7, 11) is 1.95. The molecule has 1 unspecified atom stereocenters. The quantitative estimate of drug-likeness (QED) is 0.347. The molecule has 1 fully saturated rings. The van der Waals surface area contributed by atoms with Crippen molar-refractivity contribution in [2.24, 2.45) is 10.9 Å². The fourth-order valence-corrected chi connectivity index (χ4v) is 3.21. The average Bonchev–Trinajstić information content (AvgIpc) is 2.99. The van der Waals surface area contributed by atoms with Crippen LogP contribution in [-0.2, 0) is 6.54 Å². The molecule has 1 atom stereocenters. The van der Waals surface area contributed by atoms with Gasteiger partial charge in [0.2, 0.25) is 0 Å².